The minimum absolute atomic E-state index is 0.405. The second-order valence-corrected chi connectivity index (χ2v) is 7.59. The predicted octanol–water partition coefficient (Wildman–Crippen LogP) is 4.80. The second-order valence-electron chi connectivity index (χ2n) is 6.84. The van der Waals surface area contributed by atoms with E-state index in [0.29, 0.717) is 12.1 Å². The van der Waals surface area contributed by atoms with Crippen molar-refractivity contribution in [2.75, 3.05) is 32.9 Å². The summed E-state index contributed by atoms with van der Waals surface area (Å²) in [5, 5.41) is 0.919. The number of alkyl halides is 1. The summed E-state index contributed by atoms with van der Waals surface area (Å²) in [5.41, 5.74) is 1.05. The van der Waals surface area contributed by atoms with Crippen LogP contribution < -0.4 is 0 Å². The first kappa shape index (κ1) is 21.5. The van der Waals surface area contributed by atoms with Crippen molar-refractivity contribution in [3.05, 3.63) is 35.7 Å². The third-order valence-corrected chi connectivity index (χ3v) is 5.11. The first-order valence-electron chi connectivity index (χ1n) is 9.37. The van der Waals surface area contributed by atoms with E-state index >= 15 is 0 Å². The van der Waals surface area contributed by atoms with Crippen LogP contribution in [-0.2, 0) is 0 Å². The van der Waals surface area contributed by atoms with Crippen molar-refractivity contribution in [1.29, 1.82) is 0 Å². The van der Waals surface area contributed by atoms with Crippen LogP contribution in [0, 0.1) is 0 Å². The van der Waals surface area contributed by atoms with Crippen molar-refractivity contribution in [3.63, 3.8) is 0 Å². The van der Waals surface area contributed by atoms with E-state index in [1.807, 2.05) is 12.2 Å². The van der Waals surface area contributed by atoms with Gasteiger partial charge >= 0.3 is 0 Å². The summed E-state index contributed by atoms with van der Waals surface area (Å²) in [5.74, 6) is 0. The van der Waals surface area contributed by atoms with E-state index in [0.717, 1.165) is 30.5 Å². The van der Waals surface area contributed by atoms with E-state index in [1.165, 1.54) is 32.2 Å². The number of hydrogen-bond acceptors (Lipinski definition) is 2. The number of piperidine rings is 1. The zero-order valence-corrected chi connectivity index (χ0v) is 17.0. The van der Waals surface area contributed by atoms with Crippen molar-refractivity contribution in [2.24, 2.45) is 0 Å². The van der Waals surface area contributed by atoms with E-state index in [9.17, 15) is 4.39 Å². The van der Waals surface area contributed by atoms with Crippen molar-refractivity contribution < 1.29 is 4.39 Å². The van der Waals surface area contributed by atoms with Crippen LogP contribution in [0.3, 0.4) is 0 Å². The molecule has 1 fully saturated rings. The average Bonchev–Trinajstić information content (AvgIpc) is 2.58. The van der Waals surface area contributed by atoms with Crippen molar-refractivity contribution in [1.82, 2.24) is 9.80 Å². The molecule has 0 saturated carbocycles. The van der Waals surface area contributed by atoms with Gasteiger partial charge in [0.25, 0.3) is 0 Å². The maximum atomic E-state index is 12.7. The summed E-state index contributed by atoms with van der Waals surface area (Å²) in [6.07, 6.45) is 10.5. The van der Waals surface area contributed by atoms with Gasteiger partial charge in [0.15, 0.2) is 0 Å². The quantitative estimate of drug-likeness (QED) is 0.411. The number of hydrogen-bond donors (Lipinski definition) is 0. The van der Waals surface area contributed by atoms with Gasteiger partial charge in [-0.1, -0.05) is 32.6 Å². The number of halogens is 1. The Kier molecular flexibility index (Phi) is 10.7. The van der Waals surface area contributed by atoms with Gasteiger partial charge in [-0.3, -0.25) is 9.80 Å². The van der Waals surface area contributed by atoms with Gasteiger partial charge in [-0.05, 0) is 69.2 Å². The van der Waals surface area contributed by atoms with E-state index in [1.54, 1.807) is 6.08 Å². The van der Waals surface area contributed by atoms with Crippen LogP contribution >= 0.6 is 9.24 Å². The second kappa shape index (κ2) is 12.0. The number of rotatable bonds is 10. The monoisotopic (exact) mass is 354 g/mol. The fraction of sp³-hybridized carbons (Fsp3) is 0.700. The van der Waals surface area contributed by atoms with Crippen molar-refractivity contribution >= 4 is 9.24 Å². The van der Waals surface area contributed by atoms with Gasteiger partial charge in [-0.2, -0.15) is 0 Å². The fourth-order valence-corrected chi connectivity index (χ4v) is 3.52. The molecule has 1 aliphatic heterocycles. The van der Waals surface area contributed by atoms with Gasteiger partial charge in [0, 0.05) is 18.6 Å². The van der Waals surface area contributed by atoms with Gasteiger partial charge < -0.3 is 0 Å². The van der Waals surface area contributed by atoms with Crippen molar-refractivity contribution in [3.8, 4) is 0 Å². The molecule has 0 bridgehead atoms. The van der Waals surface area contributed by atoms with Gasteiger partial charge in [-0.25, -0.2) is 4.39 Å². The minimum atomic E-state index is -0.405. The lowest BCUT2D eigenvalue weighted by Gasteiger charge is -2.41. The largest absolute Gasteiger partial charge is 0.299 e. The van der Waals surface area contributed by atoms with Crippen LogP contribution in [0.15, 0.2) is 35.7 Å². The molecule has 1 aliphatic rings. The standard InChI is InChI=1S/C20H36FN2P/c1-5-13-23(17(3)6-2)20-10-14-22(15-11-20)16-19(9-12-21)8-7-18(4)24/h7-9,17,20H,4-6,10-16,24H2,1-3H3/b8-7-,19-9+. The Labute approximate surface area is 151 Å². The summed E-state index contributed by atoms with van der Waals surface area (Å²) in [7, 11) is 2.57. The maximum Gasteiger partial charge on any atom is 0.108 e. The molecule has 138 valence electrons. The van der Waals surface area contributed by atoms with Crippen LogP contribution in [0.2, 0.25) is 0 Å². The van der Waals surface area contributed by atoms with Crippen LogP contribution in [0.4, 0.5) is 4.39 Å². The molecule has 2 nitrogen and oxygen atoms in total. The molecule has 0 aromatic carbocycles. The molecule has 0 spiro atoms. The van der Waals surface area contributed by atoms with E-state index in [4.69, 9.17) is 0 Å². The highest BCUT2D eigenvalue weighted by molar-refractivity contribution is 7.22. The molecule has 2 unspecified atom stereocenters. The third-order valence-electron chi connectivity index (χ3n) is 4.92. The average molecular weight is 354 g/mol. The summed E-state index contributed by atoms with van der Waals surface area (Å²) < 4.78 is 12.7. The highest BCUT2D eigenvalue weighted by Gasteiger charge is 2.26. The highest BCUT2D eigenvalue weighted by Crippen LogP contribution is 2.21. The normalized spacial score (nSPS) is 19.3. The Bertz CT molecular complexity index is 425. The summed E-state index contributed by atoms with van der Waals surface area (Å²) in [6, 6.07) is 1.37. The highest BCUT2D eigenvalue weighted by atomic mass is 31.0. The molecular formula is C20H36FN2P. The molecule has 1 heterocycles. The Hall–Kier alpha value is -0.500. The van der Waals surface area contributed by atoms with Gasteiger partial charge in [0.05, 0.1) is 0 Å². The summed E-state index contributed by atoms with van der Waals surface area (Å²) in [4.78, 5) is 5.16. The van der Waals surface area contributed by atoms with Gasteiger partial charge in [0.2, 0.25) is 0 Å². The Morgan fingerprint density at radius 2 is 2.00 bits per heavy atom. The topological polar surface area (TPSA) is 6.48 Å². The Balaban J connectivity index is 2.57. The van der Waals surface area contributed by atoms with E-state index in [2.05, 4.69) is 46.4 Å². The molecule has 4 heteroatoms. The first-order chi connectivity index (χ1) is 11.5. The molecule has 24 heavy (non-hydrogen) atoms. The fourth-order valence-electron chi connectivity index (χ4n) is 3.42. The van der Waals surface area contributed by atoms with Gasteiger partial charge in [-0.15, -0.1) is 9.24 Å². The number of nitrogens with zero attached hydrogens (tertiary/aromatic N) is 2. The summed E-state index contributed by atoms with van der Waals surface area (Å²) >= 11 is 0. The van der Waals surface area contributed by atoms with Crippen LogP contribution in [-0.4, -0.2) is 54.7 Å². The Morgan fingerprint density at radius 1 is 1.33 bits per heavy atom. The number of allylic oxidation sites excluding steroid dienone is 3. The molecule has 0 N–H and O–H groups in total. The molecule has 0 aromatic rings. The lowest BCUT2D eigenvalue weighted by molar-refractivity contribution is 0.0807. The van der Waals surface area contributed by atoms with Crippen molar-refractivity contribution in [2.45, 2.75) is 58.5 Å². The van der Waals surface area contributed by atoms with E-state index < -0.39 is 6.67 Å². The molecule has 1 saturated heterocycles. The smallest absolute Gasteiger partial charge is 0.108 e. The minimum Gasteiger partial charge on any atom is -0.299 e. The number of likely N-dealkylation sites (tertiary alicyclic amines) is 1. The molecular weight excluding hydrogens is 318 g/mol. The summed E-state index contributed by atoms with van der Waals surface area (Å²) in [6.45, 7) is 14.6. The molecule has 1 rings (SSSR count). The van der Waals surface area contributed by atoms with E-state index in [-0.39, 0.29) is 0 Å². The predicted molar refractivity (Wildman–Crippen MR) is 108 cm³/mol. The van der Waals surface area contributed by atoms with Crippen LogP contribution in [0.5, 0.6) is 0 Å². The lowest BCUT2D eigenvalue weighted by Crippen LogP contribution is -2.48. The van der Waals surface area contributed by atoms with Crippen LogP contribution in [0.1, 0.15) is 46.5 Å². The third kappa shape index (κ3) is 7.59. The maximum absolute atomic E-state index is 12.7. The van der Waals surface area contributed by atoms with Crippen LogP contribution in [0.25, 0.3) is 0 Å². The molecule has 0 aliphatic carbocycles. The Morgan fingerprint density at radius 3 is 2.50 bits per heavy atom. The zero-order chi connectivity index (χ0) is 17.9. The first-order valence-corrected chi connectivity index (χ1v) is 9.95. The zero-order valence-electron chi connectivity index (χ0n) is 15.8. The molecule has 2 atom stereocenters. The van der Waals surface area contributed by atoms with Gasteiger partial charge in [0.1, 0.15) is 6.67 Å². The molecule has 0 amide bonds. The SMILES string of the molecule is C=C(P)/C=C\C(=C/CF)CN1CCC(N(CCC)C(C)CC)CC1. The lowest BCUT2D eigenvalue weighted by atomic mass is 9.99. The molecule has 0 aromatic heterocycles. The molecule has 0 radical (unpaired) electrons.